The molecule has 6 nitrogen and oxygen atoms in total. The molecule has 3 heterocycles. The van der Waals surface area contributed by atoms with Crippen LogP contribution in [0.3, 0.4) is 0 Å². The van der Waals surface area contributed by atoms with Gasteiger partial charge in [0, 0.05) is 25.0 Å². The van der Waals surface area contributed by atoms with Crippen LogP contribution in [-0.2, 0) is 7.05 Å². The molecule has 3 aromatic rings. The molecular weight excluding hydrogens is 290 g/mol. The smallest absolute Gasteiger partial charge is 0.270 e. The van der Waals surface area contributed by atoms with Gasteiger partial charge in [-0.2, -0.15) is 0 Å². The van der Waals surface area contributed by atoms with Crippen LogP contribution >= 0.6 is 11.6 Å². The summed E-state index contributed by atoms with van der Waals surface area (Å²) < 4.78 is 3.34. The van der Waals surface area contributed by atoms with E-state index in [1.807, 2.05) is 23.8 Å². The molecule has 0 saturated carbocycles. The minimum Gasteiger partial charge on any atom is -0.295 e. The second-order valence-electron chi connectivity index (χ2n) is 4.57. The molecule has 0 aromatic carbocycles. The normalized spacial score (nSPS) is 10.8. The highest BCUT2D eigenvalue weighted by Crippen LogP contribution is 2.22. The van der Waals surface area contributed by atoms with E-state index in [1.54, 1.807) is 25.5 Å². The molecule has 0 aliphatic heterocycles. The molecular formula is C14H12ClN5O. The molecule has 0 bridgehead atoms. The fraction of sp³-hybridized carbons (Fsp3) is 0.143. The number of hydrogen-bond donors (Lipinski definition) is 0. The van der Waals surface area contributed by atoms with E-state index in [-0.39, 0.29) is 5.56 Å². The Kier molecular flexibility index (Phi) is 3.31. The van der Waals surface area contributed by atoms with Crippen molar-refractivity contribution in [3.8, 4) is 17.1 Å². The topological polar surface area (TPSA) is 65.6 Å². The van der Waals surface area contributed by atoms with Gasteiger partial charge in [-0.15, -0.1) is 0 Å². The molecule has 21 heavy (non-hydrogen) atoms. The lowest BCUT2D eigenvalue weighted by Crippen LogP contribution is -2.21. The highest BCUT2D eigenvalue weighted by Gasteiger charge is 2.11. The van der Waals surface area contributed by atoms with Gasteiger partial charge in [0.05, 0.1) is 18.1 Å². The number of aromatic nitrogens is 5. The van der Waals surface area contributed by atoms with E-state index >= 15 is 0 Å². The summed E-state index contributed by atoms with van der Waals surface area (Å²) >= 11 is 5.90. The number of hydrogen-bond acceptors (Lipinski definition) is 4. The largest absolute Gasteiger partial charge is 0.295 e. The Balaban J connectivity index is 2.14. The van der Waals surface area contributed by atoms with E-state index in [0.717, 1.165) is 17.1 Å². The summed E-state index contributed by atoms with van der Waals surface area (Å²) in [5.41, 5.74) is 1.45. The van der Waals surface area contributed by atoms with Crippen molar-refractivity contribution in [2.75, 3.05) is 0 Å². The van der Waals surface area contributed by atoms with Gasteiger partial charge >= 0.3 is 0 Å². The third-order valence-corrected chi connectivity index (χ3v) is 3.41. The fourth-order valence-electron chi connectivity index (χ4n) is 2.08. The number of nitrogens with zero attached hydrogens (tertiary/aromatic N) is 5. The number of aryl methyl sites for hydroxylation is 1. The first-order valence-electron chi connectivity index (χ1n) is 6.25. The van der Waals surface area contributed by atoms with Crippen LogP contribution in [0.2, 0.25) is 5.15 Å². The van der Waals surface area contributed by atoms with Crippen molar-refractivity contribution >= 4 is 11.6 Å². The molecule has 0 saturated heterocycles. The third kappa shape index (κ3) is 2.45. The monoisotopic (exact) mass is 301 g/mol. The molecule has 3 rings (SSSR count). The van der Waals surface area contributed by atoms with Gasteiger partial charge in [-0.1, -0.05) is 11.6 Å². The van der Waals surface area contributed by atoms with Crippen LogP contribution in [0, 0.1) is 6.92 Å². The van der Waals surface area contributed by atoms with E-state index < -0.39 is 0 Å². The van der Waals surface area contributed by atoms with E-state index in [2.05, 4.69) is 15.0 Å². The van der Waals surface area contributed by atoms with Crippen molar-refractivity contribution in [1.29, 1.82) is 0 Å². The molecule has 0 spiro atoms. The molecule has 0 radical (unpaired) electrons. The minimum atomic E-state index is -0.172. The Morgan fingerprint density at radius 3 is 2.86 bits per heavy atom. The molecule has 0 aliphatic carbocycles. The van der Waals surface area contributed by atoms with Crippen molar-refractivity contribution in [3.63, 3.8) is 0 Å². The maximum absolute atomic E-state index is 11.7. The van der Waals surface area contributed by atoms with Crippen LogP contribution in [0.15, 0.2) is 41.7 Å². The number of pyridine rings is 1. The second kappa shape index (κ2) is 5.14. The summed E-state index contributed by atoms with van der Waals surface area (Å²) in [4.78, 5) is 24.1. The number of rotatable bonds is 2. The van der Waals surface area contributed by atoms with Gasteiger partial charge < -0.3 is 0 Å². The van der Waals surface area contributed by atoms with Gasteiger partial charge in [-0.25, -0.2) is 9.97 Å². The molecule has 106 valence electrons. The molecule has 0 aliphatic rings. The summed E-state index contributed by atoms with van der Waals surface area (Å²) in [5.74, 6) is 1.40. The zero-order valence-corrected chi connectivity index (χ0v) is 12.2. The lowest BCUT2D eigenvalue weighted by Gasteiger charge is -2.08. The first-order valence-corrected chi connectivity index (χ1v) is 6.63. The molecule has 0 unspecified atom stereocenters. The second-order valence-corrected chi connectivity index (χ2v) is 4.96. The maximum Gasteiger partial charge on any atom is 0.270 e. The van der Waals surface area contributed by atoms with Gasteiger partial charge in [0.2, 0.25) is 0 Å². The lowest BCUT2D eigenvalue weighted by molar-refractivity contribution is 0.764. The average molecular weight is 302 g/mol. The van der Waals surface area contributed by atoms with E-state index in [1.165, 1.54) is 10.8 Å². The fourth-order valence-corrected chi connectivity index (χ4v) is 2.26. The van der Waals surface area contributed by atoms with E-state index in [9.17, 15) is 4.79 Å². The summed E-state index contributed by atoms with van der Waals surface area (Å²) in [6.07, 6.45) is 6.38. The Morgan fingerprint density at radius 2 is 2.10 bits per heavy atom. The standard InChI is InChI=1S/C14H12ClN5O/c1-9-18-11(10-3-4-17-12(15)5-10)8-20(9)13-6-16-7-14(21)19(13)2/h3-8H,1-2H3. The molecule has 0 atom stereocenters. The molecule has 0 N–H and O–H groups in total. The zero-order valence-electron chi connectivity index (χ0n) is 11.5. The minimum absolute atomic E-state index is 0.172. The summed E-state index contributed by atoms with van der Waals surface area (Å²) in [6, 6.07) is 3.58. The van der Waals surface area contributed by atoms with E-state index in [4.69, 9.17) is 11.6 Å². The van der Waals surface area contributed by atoms with Crippen LogP contribution in [0.5, 0.6) is 0 Å². The van der Waals surface area contributed by atoms with Crippen LogP contribution in [0.1, 0.15) is 5.82 Å². The Labute approximate surface area is 125 Å². The highest BCUT2D eigenvalue weighted by atomic mass is 35.5. The van der Waals surface area contributed by atoms with Crippen molar-refractivity contribution in [2.24, 2.45) is 7.05 Å². The zero-order chi connectivity index (χ0) is 15.0. The Morgan fingerprint density at radius 1 is 1.29 bits per heavy atom. The SMILES string of the molecule is Cc1nc(-c2ccnc(Cl)c2)cn1-c1cncc(=O)n1C. The van der Waals surface area contributed by atoms with Crippen LogP contribution in [0.4, 0.5) is 0 Å². The third-order valence-electron chi connectivity index (χ3n) is 3.20. The number of imidazole rings is 1. The summed E-state index contributed by atoms with van der Waals surface area (Å²) in [7, 11) is 1.70. The Bertz CT molecular complexity index is 868. The van der Waals surface area contributed by atoms with Gasteiger partial charge in [0.15, 0.2) is 0 Å². The average Bonchev–Trinajstić information content (AvgIpc) is 2.84. The molecule has 0 amide bonds. The van der Waals surface area contributed by atoms with Crippen LogP contribution in [0.25, 0.3) is 17.1 Å². The summed E-state index contributed by atoms with van der Waals surface area (Å²) in [6.45, 7) is 1.86. The number of halogens is 1. The quantitative estimate of drug-likeness (QED) is 0.679. The van der Waals surface area contributed by atoms with Crippen molar-refractivity contribution < 1.29 is 0 Å². The van der Waals surface area contributed by atoms with Gasteiger partial charge in [-0.3, -0.25) is 18.9 Å². The predicted molar refractivity (Wildman–Crippen MR) is 79.6 cm³/mol. The summed E-state index contributed by atoms with van der Waals surface area (Å²) in [5, 5.41) is 0.411. The molecule has 7 heteroatoms. The first-order chi connectivity index (χ1) is 10.1. The van der Waals surface area contributed by atoms with Crippen molar-refractivity contribution in [2.45, 2.75) is 6.92 Å². The van der Waals surface area contributed by atoms with Crippen LogP contribution in [-0.4, -0.2) is 24.1 Å². The predicted octanol–water partition coefficient (Wildman–Crippen LogP) is 1.99. The van der Waals surface area contributed by atoms with Gasteiger partial charge in [0.1, 0.15) is 16.8 Å². The van der Waals surface area contributed by atoms with Gasteiger partial charge in [-0.05, 0) is 19.1 Å². The van der Waals surface area contributed by atoms with Crippen molar-refractivity contribution in [3.05, 3.63) is 58.3 Å². The van der Waals surface area contributed by atoms with E-state index in [0.29, 0.717) is 11.0 Å². The Hall–Kier alpha value is -2.47. The maximum atomic E-state index is 11.7. The first kappa shape index (κ1) is 13.5. The van der Waals surface area contributed by atoms with Crippen LogP contribution < -0.4 is 5.56 Å². The van der Waals surface area contributed by atoms with Crippen molar-refractivity contribution in [1.82, 2.24) is 24.1 Å². The highest BCUT2D eigenvalue weighted by molar-refractivity contribution is 6.29. The molecule has 0 fully saturated rings. The molecule has 3 aromatic heterocycles. The lowest BCUT2D eigenvalue weighted by atomic mass is 10.2. The van der Waals surface area contributed by atoms with Gasteiger partial charge in [0.25, 0.3) is 5.56 Å².